The summed E-state index contributed by atoms with van der Waals surface area (Å²) in [5.41, 5.74) is 0.255. The molecule has 128 valence electrons. The monoisotopic (exact) mass is 355 g/mol. The molecule has 0 aliphatic rings. The molecule has 0 radical (unpaired) electrons. The standard InChI is InChI=1S/C19H18ClN3O2/c1-19(2,24)16-12-21-18(20)23-17(16)22-13-8-10-15(11-9-13)25-14-6-4-3-5-7-14/h3-12,24H,1-2H3,(H,21,22,23). The summed E-state index contributed by atoms with van der Waals surface area (Å²) >= 11 is 5.88. The molecule has 0 unspecified atom stereocenters. The van der Waals surface area contributed by atoms with E-state index in [4.69, 9.17) is 16.3 Å². The molecule has 0 saturated carbocycles. The molecule has 0 fully saturated rings. The van der Waals surface area contributed by atoms with Gasteiger partial charge in [-0.25, -0.2) is 9.97 Å². The van der Waals surface area contributed by atoms with Crippen molar-refractivity contribution in [3.8, 4) is 11.5 Å². The van der Waals surface area contributed by atoms with Crippen LogP contribution < -0.4 is 10.1 Å². The fourth-order valence-electron chi connectivity index (χ4n) is 2.27. The van der Waals surface area contributed by atoms with E-state index in [1.807, 2.05) is 54.6 Å². The predicted octanol–water partition coefficient (Wildman–Crippen LogP) is 4.89. The van der Waals surface area contributed by atoms with Gasteiger partial charge in [-0.1, -0.05) is 18.2 Å². The number of rotatable bonds is 5. The lowest BCUT2D eigenvalue weighted by atomic mass is 10.0. The van der Waals surface area contributed by atoms with Crippen molar-refractivity contribution in [2.45, 2.75) is 19.4 Å². The van der Waals surface area contributed by atoms with Crippen LogP contribution in [0.1, 0.15) is 19.4 Å². The number of hydrogen-bond acceptors (Lipinski definition) is 5. The molecule has 25 heavy (non-hydrogen) atoms. The van der Waals surface area contributed by atoms with E-state index < -0.39 is 5.60 Å². The van der Waals surface area contributed by atoms with Gasteiger partial charge in [0, 0.05) is 17.4 Å². The second kappa shape index (κ2) is 7.09. The highest BCUT2D eigenvalue weighted by molar-refractivity contribution is 6.28. The van der Waals surface area contributed by atoms with Crippen LogP contribution in [0.2, 0.25) is 5.28 Å². The Morgan fingerprint density at radius 3 is 2.28 bits per heavy atom. The first-order valence-electron chi connectivity index (χ1n) is 7.77. The minimum atomic E-state index is -1.09. The maximum absolute atomic E-state index is 10.3. The molecular weight excluding hydrogens is 338 g/mol. The Kier molecular flexibility index (Phi) is 4.88. The maximum atomic E-state index is 10.3. The summed E-state index contributed by atoms with van der Waals surface area (Å²) in [6, 6.07) is 17.0. The maximum Gasteiger partial charge on any atom is 0.224 e. The molecule has 0 amide bonds. The number of hydrogen-bond donors (Lipinski definition) is 2. The van der Waals surface area contributed by atoms with Crippen molar-refractivity contribution in [3.63, 3.8) is 0 Å². The summed E-state index contributed by atoms with van der Waals surface area (Å²) in [5.74, 6) is 1.96. The molecule has 2 N–H and O–H groups in total. The van der Waals surface area contributed by atoms with Crippen LogP contribution in [-0.2, 0) is 5.60 Å². The fourth-order valence-corrected chi connectivity index (χ4v) is 2.40. The van der Waals surface area contributed by atoms with Gasteiger partial charge in [-0.05, 0) is 61.8 Å². The lowest BCUT2D eigenvalue weighted by molar-refractivity contribution is 0.0787. The zero-order chi connectivity index (χ0) is 17.9. The number of para-hydroxylation sites is 1. The lowest BCUT2D eigenvalue weighted by Gasteiger charge is -2.21. The average Bonchev–Trinajstić information content (AvgIpc) is 2.56. The largest absolute Gasteiger partial charge is 0.457 e. The van der Waals surface area contributed by atoms with Gasteiger partial charge in [-0.2, -0.15) is 0 Å². The van der Waals surface area contributed by atoms with E-state index in [0.717, 1.165) is 17.2 Å². The first-order chi connectivity index (χ1) is 11.9. The van der Waals surface area contributed by atoms with Gasteiger partial charge in [0.05, 0.1) is 5.60 Å². The second-order valence-electron chi connectivity index (χ2n) is 6.02. The number of anilines is 2. The van der Waals surface area contributed by atoms with Gasteiger partial charge in [0.15, 0.2) is 0 Å². The van der Waals surface area contributed by atoms with Crippen molar-refractivity contribution >= 4 is 23.1 Å². The Labute approximate surface area is 151 Å². The van der Waals surface area contributed by atoms with Gasteiger partial charge in [-0.3, -0.25) is 0 Å². The van der Waals surface area contributed by atoms with Crippen LogP contribution >= 0.6 is 11.6 Å². The molecule has 2 aromatic carbocycles. The van der Waals surface area contributed by atoms with E-state index in [-0.39, 0.29) is 5.28 Å². The van der Waals surface area contributed by atoms with Crippen molar-refractivity contribution in [1.29, 1.82) is 0 Å². The smallest absolute Gasteiger partial charge is 0.224 e. The van der Waals surface area contributed by atoms with Crippen molar-refractivity contribution in [3.05, 3.63) is 71.6 Å². The molecule has 3 rings (SSSR count). The van der Waals surface area contributed by atoms with Crippen molar-refractivity contribution < 1.29 is 9.84 Å². The zero-order valence-corrected chi connectivity index (χ0v) is 14.7. The highest BCUT2D eigenvalue weighted by atomic mass is 35.5. The first kappa shape index (κ1) is 17.2. The van der Waals surface area contributed by atoms with Gasteiger partial charge >= 0.3 is 0 Å². The van der Waals surface area contributed by atoms with Crippen LogP contribution in [0.25, 0.3) is 0 Å². The second-order valence-corrected chi connectivity index (χ2v) is 6.36. The fraction of sp³-hybridized carbons (Fsp3) is 0.158. The van der Waals surface area contributed by atoms with Gasteiger partial charge < -0.3 is 15.2 Å². The minimum Gasteiger partial charge on any atom is -0.457 e. The molecule has 3 aromatic rings. The molecule has 0 aliphatic heterocycles. The summed E-state index contributed by atoms with van der Waals surface area (Å²) in [7, 11) is 0. The van der Waals surface area contributed by atoms with Crippen molar-refractivity contribution in [1.82, 2.24) is 9.97 Å². The van der Waals surface area contributed by atoms with Crippen LogP contribution in [0.4, 0.5) is 11.5 Å². The topological polar surface area (TPSA) is 67.3 Å². The summed E-state index contributed by atoms with van der Waals surface area (Å²) < 4.78 is 5.77. The third-order valence-electron chi connectivity index (χ3n) is 3.51. The van der Waals surface area contributed by atoms with E-state index in [1.54, 1.807) is 13.8 Å². The minimum absolute atomic E-state index is 0.111. The van der Waals surface area contributed by atoms with Crippen LogP contribution in [0.3, 0.4) is 0 Å². The normalized spacial score (nSPS) is 11.2. The Morgan fingerprint density at radius 1 is 1.00 bits per heavy atom. The number of aromatic nitrogens is 2. The van der Waals surface area contributed by atoms with Crippen LogP contribution in [0.15, 0.2) is 60.8 Å². The Bertz CT molecular complexity index is 847. The lowest BCUT2D eigenvalue weighted by Crippen LogP contribution is -2.19. The highest BCUT2D eigenvalue weighted by Gasteiger charge is 2.22. The predicted molar refractivity (Wildman–Crippen MR) is 98.5 cm³/mol. The number of ether oxygens (including phenoxy) is 1. The first-order valence-corrected chi connectivity index (χ1v) is 8.15. The van der Waals surface area contributed by atoms with Gasteiger partial charge in [0.2, 0.25) is 5.28 Å². The molecule has 0 bridgehead atoms. The van der Waals surface area contributed by atoms with Crippen LogP contribution in [0, 0.1) is 0 Å². The van der Waals surface area contributed by atoms with Gasteiger partial charge in [-0.15, -0.1) is 0 Å². The third-order valence-corrected chi connectivity index (χ3v) is 3.70. The third kappa shape index (κ3) is 4.47. The highest BCUT2D eigenvalue weighted by Crippen LogP contribution is 2.30. The van der Waals surface area contributed by atoms with E-state index >= 15 is 0 Å². The molecule has 0 atom stereocenters. The molecule has 0 spiro atoms. The number of halogens is 1. The molecule has 6 heteroatoms. The number of nitrogens with zero attached hydrogens (tertiary/aromatic N) is 2. The molecule has 0 saturated heterocycles. The Hall–Kier alpha value is -2.63. The molecule has 1 heterocycles. The summed E-state index contributed by atoms with van der Waals surface area (Å²) in [6.07, 6.45) is 1.52. The van der Waals surface area contributed by atoms with Crippen LogP contribution in [0.5, 0.6) is 11.5 Å². The quantitative estimate of drug-likeness (QED) is 0.637. The summed E-state index contributed by atoms with van der Waals surface area (Å²) in [4.78, 5) is 8.12. The van der Waals surface area contributed by atoms with Gasteiger partial charge in [0.25, 0.3) is 0 Å². The molecule has 1 aromatic heterocycles. The SMILES string of the molecule is CC(C)(O)c1cnc(Cl)nc1Nc1ccc(Oc2ccccc2)cc1. The summed E-state index contributed by atoms with van der Waals surface area (Å²) in [6.45, 7) is 3.34. The molecule has 0 aliphatic carbocycles. The van der Waals surface area contributed by atoms with E-state index in [0.29, 0.717) is 11.4 Å². The zero-order valence-electron chi connectivity index (χ0n) is 13.9. The van der Waals surface area contributed by atoms with E-state index in [2.05, 4.69) is 15.3 Å². The number of benzene rings is 2. The summed E-state index contributed by atoms with van der Waals surface area (Å²) in [5, 5.41) is 13.5. The van der Waals surface area contributed by atoms with E-state index in [1.165, 1.54) is 6.20 Å². The number of nitrogens with one attached hydrogen (secondary N) is 1. The molecule has 5 nitrogen and oxygen atoms in total. The van der Waals surface area contributed by atoms with Crippen molar-refractivity contribution in [2.75, 3.05) is 5.32 Å². The van der Waals surface area contributed by atoms with E-state index in [9.17, 15) is 5.11 Å². The Balaban J connectivity index is 1.79. The number of aliphatic hydroxyl groups is 1. The molecular formula is C19H18ClN3O2. The van der Waals surface area contributed by atoms with Crippen molar-refractivity contribution in [2.24, 2.45) is 0 Å². The average molecular weight is 356 g/mol. The Morgan fingerprint density at radius 2 is 1.64 bits per heavy atom. The van der Waals surface area contributed by atoms with Gasteiger partial charge in [0.1, 0.15) is 17.3 Å². The van der Waals surface area contributed by atoms with Crippen LogP contribution in [-0.4, -0.2) is 15.1 Å².